The fraction of sp³-hybridized carbons (Fsp3) is 0.0909. The summed E-state index contributed by atoms with van der Waals surface area (Å²) >= 11 is 3.45. The van der Waals surface area contributed by atoms with Gasteiger partial charge in [-0.25, -0.2) is 22.4 Å². The van der Waals surface area contributed by atoms with Crippen LogP contribution < -0.4 is 0 Å². The molecule has 0 atom stereocenters. The van der Waals surface area contributed by atoms with Crippen LogP contribution in [0, 0.1) is 13.8 Å². The van der Waals surface area contributed by atoms with Gasteiger partial charge < -0.3 is 4.42 Å². The zero-order valence-corrected chi connectivity index (χ0v) is 18.5. The number of hydrogen-bond donors (Lipinski definition) is 0. The van der Waals surface area contributed by atoms with E-state index in [4.69, 9.17) is 4.42 Å². The Hall–Kier alpha value is -2.97. The first kappa shape index (κ1) is 19.0. The van der Waals surface area contributed by atoms with Crippen molar-refractivity contribution < 1.29 is 12.8 Å². The second-order valence-electron chi connectivity index (χ2n) is 7.10. The van der Waals surface area contributed by atoms with Gasteiger partial charge in [0.1, 0.15) is 5.52 Å². The number of hydrogen-bond acceptors (Lipinski definition) is 5. The SMILES string of the molecule is Cc1ccc(S(=O)(=O)n2cc(-c3ccc4oc(C)nc4c3)c3cc(Br)cnc32)cc1. The monoisotopic (exact) mass is 481 g/mol. The molecule has 0 aliphatic rings. The molecule has 5 rings (SSSR count). The fourth-order valence-corrected chi connectivity index (χ4v) is 5.16. The summed E-state index contributed by atoms with van der Waals surface area (Å²) in [5.41, 5.74) is 4.34. The molecule has 0 unspecified atom stereocenters. The maximum atomic E-state index is 13.4. The molecule has 5 aromatic rings. The Morgan fingerprint density at radius 3 is 2.57 bits per heavy atom. The van der Waals surface area contributed by atoms with Crippen LogP contribution in [0.5, 0.6) is 0 Å². The molecule has 0 saturated heterocycles. The van der Waals surface area contributed by atoms with Crippen molar-refractivity contribution >= 4 is 48.1 Å². The summed E-state index contributed by atoms with van der Waals surface area (Å²) in [7, 11) is -3.82. The van der Waals surface area contributed by atoms with Crippen LogP contribution in [0.15, 0.2) is 74.7 Å². The number of aromatic nitrogens is 3. The predicted octanol–water partition coefficient (Wildman–Crippen LogP) is 5.46. The molecule has 0 N–H and O–H groups in total. The van der Waals surface area contributed by atoms with Crippen LogP contribution in [0.1, 0.15) is 11.5 Å². The highest BCUT2D eigenvalue weighted by Crippen LogP contribution is 2.35. The summed E-state index contributed by atoms with van der Waals surface area (Å²) in [5, 5.41) is 0.722. The summed E-state index contributed by atoms with van der Waals surface area (Å²) in [6.45, 7) is 3.71. The molecule has 0 aliphatic carbocycles. The second-order valence-corrected chi connectivity index (χ2v) is 9.83. The van der Waals surface area contributed by atoms with Gasteiger partial charge >= 0.3 is 0 Å². The number of oxazole rings is 1. The van der Waals surface area contributed by atoms with Gasteiger partial charge in [-0.15, -0.1) is 0 Å². The van der Waals surface area contributed by atoms with Gasteiger partial charge in [-0.3, -0.25) is 0 Å². The Bertz CT molecular complexity index is 1530. The second kappa shape index (κ2) is 6.78. The molecule has 0 spiro atoms. The van der Waals surface area contributed by atoms with E-state index in [0.29, 0.717) is 17.1 Å². The van der Waals surface area contributed by atoms with Crippen LogP contribution in [0.2, 0.25) is 0 Å². The van der Waals surface area contributed by atoms with Gasteiger partial charge in [0.05, 0.1) is 4.90 Å². The molecular formula is C22H16BrN3O3S. The smallest absolute Gasteiger partial charge is 0.269 e. The topological polar surface area (TPSA) is 78.0 Å². The third kappa shape index (κ3) is 3.03. The predicted molar refractivity (Wildman–Crippen MR) is 119 cm³/mol. The lowest BCUT2D eigenvalue weighted by molar-refractivity contribution is 0.561. The highest BCUT2D eigenvalue weighted by molar-refractivity contribution is 9.10. The van der Waals surface area contributed by atoms with Gasteiger partial charge in [0.25, 0.3) is 10.0 Å². The Morgan fingerprint density at radius 2 is 1.80 bits per heavy atom. The van der Waals surface area contributed by atoms with Crippen molar-refractivity contribution in [1.29, 1.82) is 0 Å². The van der Waals surface area contributed by atoms with E-state index in [2.05, 4.69) is 25.9 Å². The van der Waals surface area contributed by atoms with Crippen LogP contribution in [0.25, 0.3) is 33.3 Å². The summed E-state index contributed by atoms with van der Waals surface area (Å²) in [6.07, 6.45) is 3.21. The van der Waals surface area contributed by atoms with Gasteiger partial charge in [-0.1, -0.05) is 23.8 Å². The highest BCUT2D eigenvalue weighted by Gasteiger charge is 2.23. The Kier molecular flexibility index (Phi) is 4.30. The molecule has 3 aromatic heterocycles. The van der Waals surface area contributed by atoms with Crippen LogP contribution in [-0.4, -0.2) is 22.4 Å². The maximum absolute atomic E-state index is 13.4. The number of benzene rings is 2. The van der Waals surface area contributed by atoms with Gasteiger partial charge in [0.15, 0.2) is 17.1 Å². The number of aryl methyl sites for hydroxylation is 2. The van der Waals surface area contributed by atoms with E-state index in [1.807, 2.05) is 31.2 Å². The van der Waals surface area contributed by atoms with E-state index < -0.39 is 10.0 Å². The fourth-order valence-electron chi connectivity index (χ4n) is 3.50. The minimum absolute atomic E-state index is 0.212. The Morgan fingerprint density at radius 1 is 1.03 bits per heavy atom. The highest BCUT2D eigenvalue weighted by atomic mass is 79.9. The normalized spacial score (nSPS) is 12.1. The number of halogens is 1. The molecule has 8 heteroatoms. The standard InChI is InChI=1S/C22H16BrN3O3S/c1-13-3-6-17(7-4-13)30(27,28)26-12-19(18-10-16(23)11-24-22(18)26)15-5-8-21-20(9-15)25-14(2)29-21/h3-12H,1-2H3. The first-order valence-electron chi connectivity index (χ1n) is 9.19. The lowest BCUT2D eigenvalue weighted by Gasteiger charge is -2.07. The summed E-state index contributed by atoms with van der Waals surface area (Å²) < 4.78 is 34.3. The van der Waals surface area contributed by atoms with E-state index in [9.17, 15) is 8.42 Å². The number of nitrogens with zero attached hydrogens (tertiary/aromatic N) is 3. The van der Waals surface area contributed by atoms with Gasteiger partial charge in [0.2, 0.25) is 0 Å². The number of fused-ring (bicyclic) bond motifs is 2. The van der Waals surface area contributed by atoms with Crippen molar-refractivity contribution in [2.45, 2.75) is 18.7 Å². The molecule has 0 radical (unpaired) electrons. The molecule has 0 amide bonds. The first-order valence-corrected chi connectivity index (χ1v) is 11.4. The van der Waals surface area contributed by atoms with Crippen molar-refractivity contribution in [1.82, 2.24) is 13.9 Å². The number of rotatable bonds is 3. The van der Waals surface area contributed by atoms with Crippen LogP contribution in [0.3, 0.4) is 0 Å². The third-order valence-electron chi connectivity index (χ3n) is 4.96. The minimum atomic E-state index is -3.82. The number of pyridine rings is 1. The van der Waals surface area contributed by atoms with E-state index >= 15 is 0 Å². The molecule has 150 valence electrons. The van der Waals surface area contributed by atoms with E-state index in [-0.39, 0.29) is 4.90 Å². The lowest BCUT2D eigenvalue weighted by Crippen LogP contribution is -2.12. The quantitative estimate of drug-likeness (QED) is 0.341. The van der Waals surface area contributed by atoms with Crippen molar-refractivity contribution in [3.63, 3.8) is 0 Å². The zero-order chi connectivity index (χ0) is 21.0. The Balaban J connectivity index is 1.77. The van der Waals surface area contributed by atoms with E-state index in [1.54, 1.807) is 43.6 Å². The molecule has 0 aliphatic heterocycles. The average molecular weight is 482 g/mol. The summed E-state index contributed by atoms with van der Waals surface area (Å²) in [6, 6.07) is 14.3. The molecule has 0 fully saturated rings. The minimum Gasteiger partial charge on any atom is -0.441 e. The van der Waals surface area contributed by atoms with Crippen molar-refractivity contribution in [2.24, 2.45) is 0 Å². The van der Waals surface area contributed by atoms with E-state index in [1.165, 1.54) is 3.97 Å². The molecule has 6 nitrogen and oxygen atoms in total. The van der Waals surface area contributed by atoms with Crippen molar-refractivity contribution in [3.05, 3.63) is 76.9 Å². The van der Waals surface area contributed by atoms with Crippen LogP contribution in [0.4, 0.5) is 0 Å². The van der Waals surface area contributed by atoms with Gasteiger partial charge in [0, 0.05) is 34.7 Å². The molecule has 30 heavy (non-hydrogen) atoms. The Labute approximate surface area is 181 Å². The summed E-state index contributed by atoms with van der Waals surface area (Å²) in [4.78, 5) is 9.01. The molecule has 0 bridgehead atoms. The van der Waals surface area contributed by atoms with Crippen molar-refractivity contribution in [3.8, 4) is 11.1 Å². The largest absolute Gasteiger partial charge is 0.441 e. The maximum Gasteiger partial charge on any atom is 0.269 e. The van der Waals surface area contributed by atoms with Crippen molar-refractivity contribution in [2.75, 3.05) is 0 Å². The summed E-state index contributed by atoms with van der Waals surface area (Å²) in [5.74, 6) is 0.580. The van der Waals surface area contributed by atoms with Crippen LogP contribution >= 0.6 is 15.9 Å². The van der Waals surface area contributed by atoms with E-state index in [0.717, 1.165) is 32.1 Å². The average Bonchev–Trinajstić information content (AvgIpc) is 3.27. The van der Waals surface area contributed by atoms with Crippen LogP contribution in [-0.2, 0) is 10.0 Å². The third-order valence-corrected chi connectivity index (χ3v) is 7.06. The molecule has 2 aromatic carbocycles. The van der Waals surface area contributed by atoms with Gasteiger partial charge in [-0.2, -0.15) is 0 Å². The lowest BCUT2D eigenvalue weighted by atomic mass is 10.1. The molecule has 3 heterocycles. The zero-order valence-electron chi connectivity index (χ0n) is 16.1. The molecular weight excluding hydrogens is 466 g/mol. The van der Waals surface area contributed by atoms with Gasteiger partial charge in [-0.05, 0) is 58.7 Å². The molecule has 0 saturated carbocycles. The first-order chi connectivity index (χ1) is 14.3.